The molecule has 1 atom stereocenters. The first-order valence-corrected chi connectivity index (χ1v) is 10.1. The number of amides is 2. The minimum atomic E-state index is -0.909. The van der Waals surface area contributed by atoms with E-state index in [-0.39, 0.29) is 23.7 Å². The maximum absolute atomic E-state index is 12.9. The van der Waals surface area contributed by atoms with E-state index in [1.807, 2.05) is 29.2 Å². The summed E-state index contributed by atoms with van der Waals surface area (Å²) in [4.78, 5) is 47.1. The van der Waals surface area contributed by atoms with Gasteiger partial charge in [0.25, 0.3) is 5.56 Å². The number of hydrogen-bond donors (Lipinski definition) is 3. The molecule has 1 saturated heterocycles. The molecule has 158 valence electrons. The van der Waals surface area contributed by atoms with E-state index in [0.717, 1.165) is 5.56 Å². The zero-order valence-electron chi connectivity index (χ0n) is 17.0. The summed E-state index contributed by atoms with van der Waals surface area (Å²) in [7, 11) is 0. The molecule has 1 unspecified atom stereocenters. The number of nitrogens with zero attached hydrogens (tertiary/aromatic N) is 2. The maximum Gasteiger partial charge on any atom is 0.258 e. The Hall–Kier alpha value is -3.20. The van der Waals surface area contributed by atoms with Gasteiger partial charge in [-0.2, -0.15) is 4.98 Å². The largest absolute Gasteiger partial charge is 0.378 e. The molecular weight excluding hydrogens is 386 g/mol. The molecule has 0 radical (unpaired) electrons. The number of carbonyl (C=O) groups excluding carboxylic acids is 2. The van der Waals surface area contributed by atoms with Crippen molar-refractivity contribution in [2.75, 3.05) is 41.8 Å². The third-order valence-corrected chi connectivity index (χ3v) is 5.41. The monoisotopic (exact) mass is 411 g/mol. The Kier molecular flexibility index (Phi) is 5.54. The normalized spacial score (nSPS) is 18.7. The molecule has 0 saturated carbocycles. The average molecular weight is 411 g/mol. The van der Waals surface area contributed by atoms with Gasteiger partial charge >= 0.3 is 0 Å². The molecule has 9 heteroatoms. The standard InChI is InChI=1S/C21H25N5O4/c1-12(2)13-3-5-14(6-4-13)22-19(28)15-11-16(27)23-18-17(15)20(29)25-21(24-18)26-7-9-30-10-8-26/h3-6,12,15H,7-11H2,1-2H3,(H,22,28)(H2,23,24,25,27,29). The second-order valence-electron chi connectivity index (χ2n) is 7.82. The van der Waals surface area contributed by atoms with E-state index in [4.69, 9.17) is 4.74 Å². The number of ether oxygens (including phenoxy) is 1. The van der Waals surface area contributed by atoms with Gasteiger partial charge in [0.15, 0.2) is 0 Å². The Morgan fingerprint density at radius 3 is 2.57 bits per heavy atom. The molecule has 2 amide bonds. The van der Waals surface area contributed by atoms with Crippen LogP contribution in [0.1, 0.15) is 43.2 Å². The Morgan fingerprint density at radius 2 is 1.90 bits per heavy atom. The van der Waals surface area contributed by atoms with Crippen LogP contribution < -0.4 is 21.1 Å². The maximum atomic E-state index is 12.9. The number of fused-ring (bicyclic) bond motifs is 1. The first-order chi connectivity index (χ1) is 14.4. The Labute approximate surface area is 173 Å². The molecule has 1 fully saturated rings. The van der Waals surface area contributed by atoms with Crippen LogP contribution in [0.15, 0.2) is 29.1 Å². The van der Waals surface area contributed by atoms with E-state index in [0.29, 0.717) is 43.9 Å². The summed E-state index contributed by atoms with van der Waals surface area (Å²) >= 11 is 0. The van der Waals surface area contributed by atoms with Crippen molar-refractivity contribution in [2.24, 2.45) is 0 Å². The van der Waals surface area contributed by atoms with Gasteiger partial charge in [0.1, 0.15) is 5.82 Å². The van der Waals surface area contributed by atoms with Crippen molar-refractivity contribution in [2.45, 2.75) is 32.1 Å². The summed E-state index contributed by atoms with van der Waals surface area (Å²) in [5.41, 5.74) is 1.54. The lowest BCUT2D eigenvalue weighted by Crippen LogP contribution is -2.41. The molecule has 1 aromatic carbocycles. The van der Waals surface area contributed by atoms with Gasteiger partial charge in [-0.05, 0) is 23.6 Å². The van der Waals surface area contributed by atoms with Gasteiger partial charge < -0.3 is 20.3 Å². The fourth-order valence-electron chi connectivity index (χ4n) is 3.69. The summed E-state index contributed by atoms with van der Waals surface area (Å²) in [6.45, 7) is 6.44. The lowest BCUT2D eigenvalue weighted by Gasteiger charge is -2.29. The summed E-state index contributed by atoms with van der Waals surface area (Å²) < 4.78 is 5.32. The van der Waals surface area contributed by atoms with Gasteiger partial charge in [0, 0.05) is 25.2 Å². The smallest absolute Gasteiger partial charge is 0.258 e. The van der Waals surface area contributed by atoms with Gasteiger partial charge in [-0.3, -0.25) is 19.4 Å². The molecule has 4 rings (SSSR count). The SMILES string of the molecule is CC(C)c1ccc(NC(=O)C2CC(=O)Nc3nc(N4CCOCC4)[nH]c(=O)c32)cc1. The van der Waals surface area contributed by atoms with Gasteiger partial charge in [0.05, 0.1) is 24.7 Å². The molecule has 2 aliphatic rings. The second kappa shape index (κ2) is 8.27. The number of hydrogen-bond acceptors (Lipinski definition) is 6. The summed E-state index contributed by atoms with van der Waals surface area (Å²) in [6, 6.07) is 7.54. The minimum absolute atomic E-state index is 0.107. The average Bonchev–Trinajstić information content (AvgIpc) is 2.73. The fraction of sp³-hybridized carbons (Fsp3) is 0.429. The Bertz CT molecular complexity index is 1010. The molecule has 3 N–H and O–H groups in total. The lowest BCUT2D eigenvalue weighted by molar-refractivity contribution is -0.123. The van der Waals surface area contributed by atoms with Crippen LogP contribution in [0.3, 0.4) is 0 Å². The van der Waals surface area contributed by atoms with Crippen molar-refractivity contribution in [1.29, 1.82) is 0 Å². The van der Waals surface area contributed by atoms with Crippen LogP contribution in [0.5, 0.6) is 0 Å². The molecule has 9 nitrogen and oxygen atoms in total. The van der Waals surface area contributed by atoms with Gasteiger partial charge in [-0.1, -0.05) is 26.0 Å². The fourth-order valence-corrected chi connectivity index (χ4v) is 3.69. The predicted octanol–water partition coefficient (Wildman–Crippen LogP) is 1.79. The van der Waals surface area contributed by atoms with E-state index in [1.54, 1.807) is 0 Å². The first-order valence-electron chi connectivity index (χ1n) is 10.1. The molecule has 1 aromatic heterocycles. The number of carbonyl (C=O) groups is 2. The predicted molar refractivity (Wildman–Crippen MR) is 113 cm³/mol. The zero-order chi connectivity index (χ0) is 21.3. The van der Waals surface area contributed by atoms with E-state index >= 15 is 0 Å². The minimum Gasteiger partial charge on any atom is -0.378 e. The van der Waals surface area contributed by atoms with E-state index in [9.17, 15) is 14.4 Å². The number of anilines is 3. The van der Waals surface area contributed by atoms with Crippen LogP contribution >= 0.6 is 0 Å². The topological polar surface area (TPSA) is 116 Å². The third kappa shape index (κ3) is 4.06. The van der Waals surface area contributed by atoms with Gasteiger partial charge in [-0.25, -0.2) is 0 Å². The van der Waals surface area contributed by atoms with Crippen molar-refractivity contribution < 1.29 is 14.3 Å². The van der Waals surface area contributed by atoms with Crippen molar-refractivity contribution in [3.8, 4) is 0 Å². The molecule has 0 aliphatic carbocycles. The quantitative estimate of drug-likeness (QED) is 0.706. The van der Waals surface area contributed by atoms with Crippen molar-refractivity contribution in [3.05, 3.63) is 45.7 Å². The van der Waals surface area contributed by atoms with E-state index in [1.165, 1.54) is 0 Å². The van der Waals surface area contributed by atoms with Crippen LogP contribution in [0.25, 0.3) is 0 Å². The van der Waals surface area contributed by atoms with Crippen molar-refractivity contribution >= 4 is 29.3 Å². The summed E-state index contributed by atoms with van der Waals surface area (Å²) in [5, 5.41) is 5.46. The van der Waals surface area contributed by atoms with Gasteiger partial charge in [0.2, 0.25) is 17.8 Å². The van der Waals surface area contributed by atoms with Crippen LogP contribution in [-0.4, -0.2) is 48.1 Å². The molecule has 3 heterocycles. The number of nitrogens with one attached hydrogen (secondary N) is 3. The van der Waals surface area contributed by atoms with Crippen LogP contribution in [0.2, 0.25) is 0 Å². The lowest BCUT2D eigenvalue weighted by atomic mass is 9.92. The molecule has 2 aliphatic heterocycles. The summed E-state index contributed by atoms with van der Waals surface area (Å²) in [6.07, 6.45) is -0.107. The Morgan fingerprint density at radius 1 is 1.20 bits per heavy atom. The number of rotatable bonds is 4. The third-order valence-electron chi connectivity index (χ3n) is 5.41. The first kappa shape index (κ1) is 20.1. The molecular formula is C21H25N5O4. The van der Waals surface area contributed by atoms with Gasteiger partial charge in [-0.15, -0.1) is 0 Å². The highest BCUT2D eigenvalue weighted by Crippen LogP contribution is 2.30. The Balaban J connectivity index is 1.60. The number of aromatic nitrogens is 2. The van der Waals surface area contributed by atoms with Crippen LogP contribution in [0.4, 0.5) is 17.5 Å². The highest BCUT2D eigenvalue weighted by atomic mass is 16.5. The number of morpholine rings is 1. The number of benzene rings is 1. The van der Waals surface area contributed by atoms with E-state index in [2.05, 4.69) is 34.4 Å². The highest BCUT2D eigenvalue weighted by molar-refractivity contribution is 6.04. The molecule has 0 bridgehead atoms. The van der Waals surface area contributed by atoms with E-state index < -0.39 is 17.4 Å². The molecule has 0 spiro atoms. The number of aromatic amines is 1. The zero-order valence-corrected chi connectivity index (χ0v) is 17.0. The van der Waals surface area contributed by atoms with Crippen LogP contribution in [-0.2, 0) is 14.3 Å². The summed E-state index contributed by atoms with van der Waals surface area (Å²) in [5.74, 6) is -0.763. The highest BCUT2D eigenvalue weighted by Gasteiger charge is 2.35. The number of H-pyrrole nitrogens is 1. The second-order valence-corrected chi connectivity index (χ2v) is 7.82. The molecule has 2 aromatic rings. The van der Waals surface area contributed by atoms with Crippen LogP contribution in [0, 0.1) is 0 Å². The molecule has 30 heavy (non-hydrogen) atoms. The van der Waals surface area contributed by atoms with Crippen molar-refractivity contribution in [1.82, 2.24) is 9.97 Å². The van der Waals surface area contributed by atoms with Crippen molar-refractivity contribution in [3.63, 3.8) is 0 Å².